The molecule has 2 aromatic rings. The van der Waals surface area contributed by atoms with Crippen LogP contribution >= 0.6 is 11.3 Å². The zero-order valence-electron chi connectivity index (χ0n) is 13.2. The highest BCUT2D eigenvalue weighted by Crippen LogP contribution is 2.22. The molecule has 0 unspecified atom stereocenters. The topological polar surface area (TPSA) is 56.1 Å². The molecule has 6 nitrogen and oxygen atoms in total. The lowest BCUT2D eigenvalue weighted by molar-refractivity contribution is -0.0388. The first-order valence-electron chi connectivity index (χ1n) is 7.87. The second-order valence-electron chi connectivity index (χ2n) is 5.73. The molecule has 0 aliphatic carbocycles. The maximum Gasteiger partial charge on any atom is 0.163 e. The molecular formula is C15H23N5OS. The smallest absolute Gasteiger partial charge is 0.163 e. The zero-order chi connectivity index (χ0) is 15.4. The maximum absolute atomic E-state index is 5.85. The van der Waals surface area contributed by atoms with Gasteiger partial charge in [0.05, 0.1) is 17.3 Å². The summed E-state index contributed by atoms with van der Waals surface area (Å²) >= 11 is 1.78. The molecule has 0 saturated carbocycles. The highest BCUT2D eigenvalue weighted by molar-refractivity contribution is 7.09. The average Bonchev–Trinajstić information content (AvgIpc) is 3.14. The molecule has 1 fully saturated rings. The van der Waals surface area contributed by atoms with Gasteiger partial charge in [0.2, 0.25) is 0 Å². The van der Waals surface area contributed by atoms with Crippen LogP contribution in [0.25, 0.3) is 0 Å². The fraction of sp³-hybridized carbons (Fsp3) is 0.667. The molecule has 3 heterocycles. The van der Waals surface area contributed by atoms with Gasteiger partial charge in [0, 0.05) is 32.1 Å². The number of hydrogen-bond acceptors (Lipinski definition) is 6. The van der Waals surface area contributed by atoms with Crippen LogP contribution in [-0.4, -0.2) is 44.3 Å². The lowest BCUT2D eigenvalue weighted by Gasteiger charge is -2.31. The number of aromatic nitrogens is 4. The van der Waals surface area contributed by atoms with Gasteiger partial charge in [0.25, 0.3) is 0 Å². The van der Waals surface area contributed by atoms with Gasteiger partial charge in [-0.05, 0) is 12.8 Å². The Morgan fingerprint density at radius 3 is 3.14 bits per heavy atom. The van der Waals surface area contributed by atoms with Gasteiger partial charge < -0.3 is 9.30 Å². The van der Waals surface area contributed by atoms with E-state index >= 15 is 0 Å². The minimum absolute atomic E-state index is 0.000512. The van der Waals surface area contributed by atoms with Crippen LogP contribution in [0.3, 0.4) is 0 Å². The summed E-state index contributed by atoms with van der Waals surface area (Å²) in [4.78, 5) is 7.14. The van der Waals surface area contributed by atoms with Crippen molar-refractivity contribution < 1.29 is 4.74 Å². The molecule has 2 aromatic heterocycles. The van der Waals surface area contributed by atoms with E-state index in [1.54, 1.807) is 17.7 Å². The first kappa shape index (κ1) is 15.6. The predicted molar refractivity (Wildman–Crippen MR) is 85.7 cm³/mol. The van der Waals surface area contributed by atoms with Gasteiger partial charge in [-0.15, -0.1) is 21.5 Å². The standard InChI is InChI=1S/C15H23N5OS/c1-3-4-5-14-17-12(10-22-14)8-20-6-7-21-13(9-20)15-18-16-11-19(15)2/h10-11,13H,3-9H2,1-2H3/t13-/m0/s1. The Balaban J connectivity index is 1.58. The molecule has 1 aliphatic heterocycles. The summed E-state index contributed by atoms with van der Waals surface area (Å²) in [7, 11) is 1.96. The quantitative estimate of drug-likeness (QED) is 0.816. The Hall–Kier alpha value is -1.31. The largest absolute Gasteiger partial charge is 0.368 e. The lowest BCUT2D eigenvalue weighted by atomic mass is 10.2. The molecule has 1 saturated heterocycles. The van der Waals surface area contributed by atoms with Gasteiger partial charge in [-0.25, -0.2) is 4.98 Å². The first-order chi connectivity index (χ1) is 10.8. The number of aryl methyl sites for hydroxylation is 2. The Bertz CT molecular complexity index is 596. The van der Waals surface area contributed by atoms with E-state index in [-0.39, 0.29) is 6.10 Å². The van der Waals surface area contributed by atoms with Crippen LogP contribution in [0.2, 0.25) is 0 Å². The van der Waals surface area contributed by atoms with Crippen molar-refractivity contribution in [1.29, 1.82) is 0 Å². The SMILES string of the molecule is CCCCc1nc(CN2CCO[C@H](c3nncn3C)C2)cs1. The van der Waals surface area contributed by atoms with Crippen molar-refractivity contribution in [2.24, 2.45) is 7.05 Å². The predicted octanol–water partition coefficient (Wildman–Crippen LogP) is 2.19. The van der Waals surface area contributed by atoms with Crippen LogP contribution in [0.5, 0.6) is 0 Å². The molecule has 0 aromatic carbocycles. The third-order valence-corrected chi connectivity index (χ3v) is 4.87. The normalized spacial score (nSPS) is 19.6. The minimum atomic E-state index is -0.000512. The Kier molecular flexibility index (Phi) is 5.17. The van der Waals surface area contributed by atoms with Crippen LogP contribution < -0.4 is 0 Å². The van der Waals surface area contributed by atoms with Crippen LogP contribution in [0.4, 0.5) is 0 Å². The van der Waals surface area contributed by atoms with Gasteiger partial charge >= 0.3 is 0 Å². The van der Waals surface area contributed by atoms with E-state index in [2.05, 4.69) is 27.4 Å². The summed E-state index contributed by atoms with van der Waals surface area (Å²) in [5.41, 5.74) is 1.18. The van der Waals surface area contributed by atoms with Crippen molar-refractivity contribution >= 4 is 11.3 Å². The van der Waals surface area contributed by atoms with E-state index in [1.165, 1.54) is 23.5 Å². The van der Waals surface area contributed by atoms with Crippen LogP contribution in [0, 0.1) is 0 Å². The van der Waals surface area contributed by atoms with E-state index in [0.29, 0.717) is 0 Å². The number of ether oxygens (including phenoxy) is 1. The van der Waals surface area contributed by atoms with Crippen molar-refractivity contribution in [3.8, 4) is 0 Å². The highest BCUT2D eigenvalue weighted by Gasteiger charge is 2.25. The van der Waals surface area contributed by atoms with Crippen molar-refractivity contribution in [3.05, 3.63) is 28.2 Å². The molecule has 3 rings (SSSR count). The molecule has 120 valence electrons. The molecule has 0 N–H and O–H groups in total. The Labute approximate surface area is 135 Å². The molecule has 0 bridgehead atoms. The number of unbranched alkanes of at least 4 members (excludes halogenated alkanes) is 1. The number of morpholine rings is 1. The maximum atomic E-state index is 5.85. The molecule has 1 atom stereocenters. The summed E-state index contributed by atoms with van der Waals surface area (Å²) in [6.45, 7) is 5.62. The van der Waals surface area contributed by atoms with E-state index in [4.69, 9.17) is 9.72 Å². The zero-order valence-corrected chi connectivity index (χ0v) is 14.1. The summed E-state index contributed by atoms with van der Waals surface area (Å²) in [6.07, 6.45) is 5.26. The third-order valence-electron chi connectivity index (χ3n) is 3.91. The fourth-order valence-electron chi connectivity index (χ4n) is 2.68. The van der Waals surface area contributed by atoms with Crippen LogP contribution in [-0.2, 0) is 24.8 Å². The molecular weight excluding hydrogens is 298 g/mol. The molecule has 22 heavy (non-hydrogen) atoms. The number of nitrogens with zero attached hydrogens (tertiary/aromatic N) is 5. The summed E-state index contributed by atoms with van der Waals surface area (Å²) in [5.74, 6) is 0.895. The average molecular weight is 321 g/mol. The van der Waals surface area contributed by atoms with Crippen LogP contribution in [0.1, 0.15) is 42.4 Å². The van der Waals surface area contributed by atoms with Crippen molar-refractivity contribution in [1.82, 2.24) is 24.6 Å². The van der Waals surface area contributed by atoms with Gasteiger partial charge in [0.15, 0.2) is 5.82 Å². The second kappa shape index (κ2) is 7.30. The van der Waals surface area contributed by atoms with Gasteiger partial charge in [-0.1, -0.05) is 13.3 Å². The molecule has 0 radical (unpaired) electrons. The third kappa shape index (κ3) is 3.71. The number of rotatable bonds is 6. The van der Waals surface area contributed by atoms with Crippen LogP contribution in [0.15, 0.2) is 11.7 Å². The molecule has 0 amide bonds. The fourth-order valence-corrected chi connectivity index (χ4v) is 3.51. The first-order valence-corrected chi connectivity index (χ1v) is 8.75. The second-order valence-corrected chi connectivity index (χ2v) is 6.67. The summed E-state index contributed by atoms with van der Waals surface area (Å²) in [5, 5.41) is 11.6. The highest BCUT2D eigenvalue weighted by atomic mass is 32.1. The Morgan fingerprint density at radius 1 is 1.45 bits per heavy atom. The number of hydrogen-bond donors (Lipinski definition) is 0. The van der Waals surface area contributed by atoms with E-state index in [1.807, 2.05) is 11.6 Å². The molecule has 0 spiro atoms. The minimum Gasteiger partial charge on any atom is -0.368 e. The molecule has 7 heteroatoms. The van der Waals surface area contributed by atoms with Crippen molar-refractivity contribution in [2.45, 2.75) is 38.8 Å². The monoisotopic (exact) mass is 321 g/mol. The van der Waals surface area contributed by atoms with Gasteiger partial charge in [-0.3, -0.25) is 4.90 Å². The van der Waals surface area contributed by atoms with Crippen molar-refractivity contribution in [3.63, 3.8) is 0 Å². The summed E-state index contributed by atoms with van der Waals surface area (Å²) < 4.78 is 7.78. The van der Waals surface area contributed by atoms with Crippen molar-refractivity contribution in [2.75, 3.05) is 19.7 Å². The van der Waals surface area contributed by atoms with Gasteiger partial charge in [0.1, 0.15) is 12.4 Å². The van der Waals surface area contributed by atoms with E-state index in [9.17, 15) is 0 Å². The van der Waals surface area contributed by atoms with Gasteiger partial charge in [-0.2, -0.15) is 0 Å². The van der Waals surface area contributed by atoms with E-state index < -0.39 is 0 Å². The Morgan fingerprint density at radius 2 is 2.36 bits per heavy atom. The summed E-state index contributed by atoms with van der Waals surface area (Å²) in [6, 6.07) is 0. The lowest BCUT2D eigenvalue weighted by Crippen LogP contribution is -2.38. The van der Waals surface area contributed by atoms with E-state index in [0.717, 1.165) is 38.5 Å². The number of thiazole rings is 1. The molecule has 1 aliphatic rings.